The van der Waals surface area contributed by atoms with Gasteiger partial charge in [-0.25, -0.2) is 0 Å². The van der Waals surface area contributed by atoms with Gasteiger partial charge in [0.1, 0.15) is 0 Å². The van der Waals surface area contributed by atoms with Crippen molar-refractivity contribution in [1.29, 1.82) is 0 Å². The molecule has 20 heavy (non-hydrogen) atoms. The van der Waals surface area contributed by atoms with Crippen LogP contribution in [0.1, 0.15) is 46.0 Å². The van der Waals surface area contributed by atoms with Gasteiger partial charge in [-0.05, 0) is 52.1 Å². The van der Waals surface area contributed by atoms with Crippen LogP contribution in [0, 0.1) is 11.8 Å². The molecule has 0 aromatic heterocycles. The molecule has 1 rings (SSSR count). The van der Waals surface area contributed by atoms with E-state index < -0.39 is 12.1 Å². The van der Waals surface area contributed by atoms with E-state index in [0.29, 0.717) is 24.8 Å². The number of hydrogen-bond donors (Lipinski definition) is 1. The fourth-order valence-electron chi connectivity index (χ4n) is 2.95. The van der Waals surface area contributed by atoms with E-state index in [4.69, 9.17) is 0 Å². The molecule has 1 atom stereocenters. The second-order valence-corrected chi connectivity index (χ2v) is 6.75. The van der Waals surface area contributed by atoms with E-state index in [9.17, 15) is 13.2 Å². The van der Waals surface area contributed by atoms with Crippen molar-refractivity contribution >= 4 is 0 Å². The van der Waals surface area contributed by atoms with Gasteiger partial charge in [-0.15, -0.1) is 0 Å². The molecule has 0 aliphatic heterocycles. The summed E-state index contributed by atoms with van der Waals surface area (Å²) in [7, 11) is 4.13. The zero-order valence-corrected chi connectivity index (χ0v) is 13.1. The van der Waals surface area contributed by atoms with Crippen LogP contribution < -0.4 is 5.32 Å². The van der Waals surface area contributed by atoms with Crippen LogP contribution >= 0.6 is 0 Å². The Morgan fingerprint density at radius 3 is 2.05 bits per heavy atom. The number of nitrogens with one attached hydrogen (secondary N) is 1. The van der Waals surface area contributed by atoms with E-state index in [2.05, 4.69) is 38.2 Å². The summed E-state index contributed by atoms with van der Waals surface area (Å²) in [6.07, 6.45) is -1.05. The third kappa shape index (κ3) is 6.00. The minimum Gasteiger partial charge on any atom is -0.312 e. The summed E-state index contributed by atoms with van der Waals surface area (Å²) in [6.45, 7) is 5.27. The van der Waals surface area contributed by atoms with Crippen molar-refractivity contribution in [3.63, 3.8) is 0 Å². The first-order valence-corrected chi connectivity index (χ1v) is 7.66. The van der Waals surface area contributed by atoms with Crippen LogP contribution in [0.2, 0.25) is 0 Å². The highest BCUT2D eigenvalue weighted by molar-refractivity contribution is 4.82. The van der Waals surface area contributed by atoms with E-state index in [1.165, 1.54) is 0 Å². The molecule has 0 bridgehead atoms. The number of hydrogen-bond acceptors (Lipinski definition) is 2. The third-order valence-corrected chi connectivity index (χ3v) is 4.31. The van der Waals surface area contributed by atoms with Gasteiger partial charge in [0.05, 0.1) is 5.92 Å². The summed E-state index contributed by atoms with van der Waals surface area (Å²) in [5.41, 5.74) is 0. The largest absolute Gasteiger partial charge is 0.391 e. The molecule has 1 N–H and O–H groups in total. The minimum absolute atomic E-state index is 0.253. The zero-order valence-electron chi connectivity index (χ0n) is 13.1. The van der Waals surface area contributed by atoms with Gasteiger partial charge in [0.2, 0.25) is 0 Å². The molecule has 2 nitrogen and oxygen atoms in total. The molecule has 1 aliphatic carbocycles. The molecule has 0 spiro atoms. The lowest BCUT2D eigenvalue weighted by molar-refractivity contribution is -0.182. The normalized spacial score (nSPS) is 26.2. The number of alkyl halides is 3. The van der Waals surface area contributed by atoms with Gasteiger partial charge in [-0.3, -0.25) is 0 Å². The Morgan fingerprint density at radius 1 is 1.10 bits per heavy atom. The second kappa shape index (κ2) is 7.64. The topological polar surface area (TPSA) is 15.3 Å². The van der Waals surface area contributed by atoms with Crippen LogP contribution in [-0.4, -0.2) is 43.8 Å². The highest BCUT2D eigenvalue weighted by Gasteiger charge is 2.41. The average Bonchev–Trinajstić information content (AvgIpc) is 2.33. The Labute approximate surface area is 121 Å². The van der Waals surface area contributed by atoms with Crippen LogP contribution in [0.4, 0.5) is 13.2 Å². The smallest absolute Gasteiger partial charge is 0.312 e. The van der Waals surface area contributed by atoms with Crippen molar-refractivity contribution in [2.75, 3.05) is 20.6 Å². The van der Waals surface area contributed by atoms with E-state index in [1.807, 2.05) is 0 Å². The average molecular weight is 294 g/mol. The van der Waals surface area contributed by atoms with E-state index in [-0.39, 0.29) is 18.9 Å². The quantitative estimate of drug-likeness (QED) is 0.804. The molecule has 0 amide bonds. The molecule has 0 aromatic rings. The van der Waals surface area contributed by atoms with Crippen LogP contribution in [0.3, 0.4) is 0 Å². The Hall–Kier alpha value is -0.290. The summed E-state index contributed by atoms with van der Waals surface area (Å²) in [6, 6.07) is 0.707. The van der Waals surface area contributed by atoms with Crippen molar-refractivity contribution in [1.82, 2.24) is 10.2 Å². The van der Waals surface area contributed by atoms with Crippen molar-refractivity contribution < 1.29 is 13.2 Å². The Balaban J connectivity index is 2.32. The van der Waals surface area contributed by atoms with Crippen LogP contribution in [0.25, 0.3) is 0 Å². The number of nitrogens with zero attached hydrogens (tertiary/aromatic N) is 1. The maximum Gasteiger partial charge on any atom is 0.391 e. The lowest BCUT2D eigenvalue weighted by atomic mass is 9.85. The Kier molecular flexibility index (Phi) is 6.79. The Morgan fingerprint density at radius 2 is 1.65 bits per heavy atom. The second-order valence-electron chi connectivity index (χ2n) is 6.75. The molecular formula is C15H29F3N2. The maximum atomic E-state index is 12.6. The molecule has 0 heterocycles. The molecule has 0 radical (unpaired) electrons. The van der Waals surface area contributed by atoms with Crippen LogP contribution in [-0.2, 0) is 0 Å². The molecule has 1 fully saturated rings. The van der Waals surface area contributed by atoms with E-state index in [0.717, 1.165) is 13.0 Å². The van der Waals surface area contributed by atoms with Crippen molar-refractivity contribution in [3.8, 4) is 0 Å². The lowest BCUT2D eigenvalue weighted by Gasteiger charge is -2.33. The third-order valence-electron chi connectivity index (χ3n) is 4.31. The molecule has 0 saturated heterocycles. The summed E-state index contributed by atoms with van der Waals surface area (Å²) in [4.78, 5) is 2.20. The Bertz CT molecular complexity index is 269. The minimum atomic E-state index is -4.01. The van der Waals surface area contributed by atoms with Gasteiger partial charge in [0.25, 0.3) is 0 Å². The fourth-order valence-corrected chi connectivity index (χ4v) is 2.95. The summed E-state index contributed by atoms with van der Waals surface area (Å²) < 4.78 is 37.8. The van der Waals surface area contributed by atoms with Gasteiger partial charge in [-0.1, -0.05) is 13.8 Å². The zero-order chi connectivity index (χ0) is 15.3. The van der Waals surface area contributed by atoms with Gasteiger partial charge >= 0.3 is 6.18 Å². The van der Waals surface area contributed by atoms with Gasteiger partial charge in [0.15, 0.2) is 0 Å². The lowest BCUT2D eigenvalue weighted by Crippen LogP contribution is -2.44. The molecule has 1 aliphatic rings. The van der Waals surface area contributed by atoms with Gasteiger partial charge < -0.3 is 10.2 Å². The predicted molar refractivity (Wildman–Crippen MR) is 76.7 cm³/mol. The predicted octanol–water partition coefficient (Wildman–Crippen LogP) is 3.67. The summed E-state index contributed by atoms with van der Waals surface area (Å²) >= 11 is 0. The molecule has 0 aromatic carbocycles. The molecule has 120 valence electrons. The molecule has 1 saturated carbocycles. The molecule has 1 unspecified atom stereocenters. The molecular weight excluding hydrogens is 265 g/mol. The van der Waals surface area contributed by atoms with Gasteiger partial charge in [-0.2, -0.15) is 13.2 Å². The first-order chi connectivity index (χ1) is 9.20. The van der Waals surface area contributed by atoms with Crippen molar-refractivity contribution in [2.45, 2.75) is 64.2 Å². The maximum absolute atomic E-state index is 12.6. The first-order valence-electron chi connectivity index (χ1n) is 7.66. The van der Waals surface area contributed by atoms with Crippen molar-refractivity contribution in [2.24, 2.45) is 11.8 Å². The van der Waals surface area contributed by atoms with E-state index >= 15 is 0 Å². The fraction of sp³-hybridized carbons (Fsp3) is 1.00. The number of rotatable bonds is 6. The molecule has 5 heteroatoms. The standard InChI is InChI=1S/C15H29F3N2/c1-11(2)9-14(20(3)4)10-19-13-7-5-12(6-8-13)15(16,17)18/h11-14,19H,5-10H2,1-4H3. The van der Waals surface area contributed by atoms with Crippen LogP contribution in [0.5, 0.6) is 0 Å². The van der Waals surface area contributed by atoms with Crippen LogP contribution in [0.15, 0.2) is 0 Å². The van der Waals surface area contributed by atoms with Gasteiger partial charge in [0, 0.05) is 18.6 Å². The summed E-state index contributed by atoms with van der Waals surface area (Å²) in [5.74, 6) is -0.453. The highest BCUT2D eigenvalue weighted by Crippen LogP contribution is 2.37. The van der Waals surface area contributed by atoms with E-state index in [1.54, 1.807) is 0 Å². The monoisotopic (exact) mass is 294 g/mol. The first kappa shape index (κ1) is 17.8. The summed E-state index contributed by atoms with van der Waals surface area (Å²) in [5, 5.41) is 3.47. The van der Waals surface area contributed by atoms with Crippen molar-refractivity contribution in [3.05, 3.63) is 0 Å². The number of halogens is 3. The SMILES string of the molecule is CC(C)CC(CNC1CCC(C(F)(F)F)CC1)N(C)C. The number of likely N-dealkylation sites (N-methyl/N-ethyl adjacent to an activating group) is 1. The highest BCUT2D eigenvalue weighted by atomic mass is 19.4.